The minimum absolute atomic E-state index is 0.802. The maximum Gasteiger partial charge on any atom is 0.0948 e. The topological polar surface area (TPSA) is 33.1 Å². The van der Waals surface area contributed by atoms with Crippen LogP contribution in [0.5, 0.6) is 0 Å². The van der Waals surface area contributed by atoms with Gasteiger partial charge < -0.3 is 14.8 Å². The predicted octanol–water partition coefficient (Wildman–Crippen LogP) is 3.28. The molecule has 20 heavy (non-hydrogen) atoms. The van der Waals surface area contributed by atoms with E-state index in [1.165, 1.54) is 16.9 Å². The van der Waals surface area contributed by atoms with Crippen molar-refractivity contribution in [3.63, 3.8) is 0 Å². The van der Waals surface area contributed by atoms with Gasteiger partial charge in [0.15, 0.2) is 0 Å². The molecule has 1 aromatic carbocycles. The molecule has 108 valence electrons. The average molecular weight is 272 g/mol. The van der Waals surface area contributed by atoms with Gasteiger partial charge in [-0.3, -0.25) is 0 Å². The third-order valence-electron chi connectivity index (χ3n) is 3.43. The molecule has 0 amide bonds. The molecule has 0 fully saturated rings. The monoisotopic (exact) mass is 272 g/mol. The molecule has 0 spiro atoms. The molecule has 0 saturated carbocycles. The highest BCUT2D eigenvalue weighted by Crippen LogP contribution is 2.22. The molecule has 0 radical (unpaired) electrons. The third-order valence-corrected chi connectivity index (χ3v) is 3.43. The van der Waals surface area contributed by atoms with Crippen molar-refractivity contribution in [2.24, 2.45) is 0 Å². The molecule has 4 heteroatoms. The highest BCUT2D eigenvalue weighted by atomic mass is 15.1. The molecule has 4 nitrogen and oxygen atoms in total. The standard InChI is InChI=1S/C16H24N4/c1-5-8-20-12-17-10-15(20)11-18-14-7-6-13(2)16(9-14)19(3)4/h6-7,9-10,12,18H,5,8,11H2,1-4H3. The van der Waals surface area contributed by atoms with Gasteiger partial charge in [0, 0.05) is 38.2 Å². The number of benzene rings is 1. The lowest BCUT2D eigenvalue weighted by atomic mass is 10.1. The first-order chi connectivity index (χ1) is 9.61. The minimum Gasteiger partial charge on any atom is -0.379 e. The fourth-order valence-electron chi connectivity index (χ4n) is 2.33. The number of rotatable bonds is 6. The van der Waals surface area contributed by atoms with E-state index in [0.29, 0.717) is 0 Å². The Balaban J connectivity index is 2.07. The van der Waals surface area contributed by atoms with Crippen LogP contribution >= 0.6 is 0 Å². The molecule has 0 unspecified atom stereocenters. The molecule has 2 rings (SSSR count). The first-order valence-corrected chi connectivity index (χ1v) is 7.12. The first-order valence-electron chi connectivity index (χ1n) is 7.12. The van der Waals surface area contributed by atoms with Crippen LogP contribution in [-0.2, 0) is 13.1 Å². The van der Waals surface area contributed by atoms with Crippen molar-refractivity contribution in [3.8, 4) is 0 Å². The number of nitrogens with zero attached hydrogens (tertiary/aromatic N) is 3. The Morgan fingerprint density at radius 2 is 2.10 bits per heavy atom. The van der Waals surface area contributed by atoms with Crippen molar-refractivity contribution in [1.82, 2.24) is 9.55 Å². The van der Waals surface area contributed by atoms with Gasteiger partial charge >= 0.3 is 0 Å². The lowest BCUT2D eigenvalue weighted by Gasteiger charge is -2.17. The number of nitrogens with one attached hydrogen (secondary N) is 1. The predicted molar refractivity (Wildman–Crippen MR) is 85.4 cm³/mol. The Bertz CT molecular complexity index is 557. The van der Waals surface area contributed by atoms with Crippen LogP contribution in [0, 0.1) is 6.92 Å². The molecule has 0 aliphatic carbocycles. The van der Waals surface area contributed by atoms with Crippen molar-refractivity contribution < 1.29 is 0 Å². The molecular formula is C16H24N4. The zero-order valence-corrected chi connectivity index (χ0v) is 12.8. The quantitative estimate of drug-likeness (QED) is 0.876. The Hall–Kier alpha value is -1.97. The zero-order chi connectivity index (χ0) is 14.5. The van der Waals surface area contributed by atoms with E-state index in [-0.39, 0.29) is 0 Å². The normalized spacial score (nSPS) is 10.6. The second-order valence-corrected chi connectivity index (χ2v) is 5.33. The van der Waals surface area contributed by atoms with Crippen LogP contribution in [0.15, 0.2) is 30.7 Å². The number of hydrogen-bond donors (Lipinski definition) is 1. The molecule has 0 atom stereocenters. The van der Waals surface area contributed by atoms with Gasteiger partial charge in [0.05, 0.1) is 18.6 Å². The Morgan fingerprint density at radius 1 is 1.30 bits per heavy atom. The van der Waals surface area contributed by atoms with Gasteiger partial charge in [-0.15, -0.1) is 0 Å². The van der Waals surface area contributed by atoms with Crippen molar-refractivity contribution in [1.29, 1.82) is 0 Å². The Morgan fingerprint density at radius 3 is 2.80 bits per heavy atom. The van der Waals surface area contributed by atoms with Gasteiger partial charge in [0.2, 0.25) is 0 Å². The molecular weight excluding hydrogens is 248 g/mol. The maximum atomic E-state index is 4.23. The number of anilines is 2. The summed E-state index contributed by atoms with van der Waals surface area (Å²) in [6.45, 7) is 6.14. The minimum atomic E-state index is 0.802. The summed E-state index contributed by atoms with van der Waals surface area (Å²) in [5.41, 5.74) is 4.90. The van der Waals surface area contributed by atoms with Crippen LogP contribution in [0.1, 0.15) is 24.6 Å². The maximum absolute atomic E-state index is 4.23. The van der Waals surface area contributed by atoms with E-state index in [2.05, 4.69) is 65.9 Å². The third kappa shape index (κ3) is 3.32. The highest BCUT2D eigenvalue weighted by molar-refractivity contribution is 5.61. The van der Waals surface area contributed by atoms with Crippen molar-refractivity contribution in [2.75, 3.05) is 24.3 Å². The summed E-state index contributed by atoms with van der Waals surface area (Å²) in [5, 5.41) is 3.48. The lowest BCUT2D eigenvalue weighted by molar-refractivity contribution is 0.651. The Labute approximate surface area is 121 Å². The van der Waals surface area contributed by atoms with E-state index >= 15 is 0 Å². The van der Waals surface area contributed by atoms with Crippen LogP contribution < -0.4 is 10.2 Å². The van der Waals surface area contributed by atoms with E-state index in [0.717, 1.165) is 25.2 Å². The van der Waals surface area contributed by atoms with Gasteiger partial charge in [-0.2, -0.15) is 0 Å². The molecule has 0 saturated heterocycles. The lowest BCUT2D eigenvalue weighted by Crippen LogP contribution is -2.11. The SMILES string of the molecule is CCCn1cncc1CNc1ccc(C)c(N(C)C)c1. The second-order valence-electron chi connectivity index (χ2n) is 5.33. The number of hydrogen-bond acceptors (Lipinski definition) is 3. The van der Waals surface area contributed by atoms with Gasteiger partial charge in [-0.05, 0) is 31.0 Å². The van der Waals surface area contributed by atoms with Gasteiger partial charge in [0.25, 0.3) is 0 Å². The van der Waals surface area contributed by atoms with E-state index in [1.54, 1.807) is 0 Å². The number of aromatic nitrogens is 2. The number of aryl methyl sites for hydroxylation is 2. The smallest absolute Gasteiger partial charge is 0.0948 e. The molecule has 1 heterocycles. The van der Waals surface area contributed by atoms with Crippen molar-refractivity contribution in [3.05, 3.63) is 42.0 Å². The molecule has 0 aliphatic rings. The van der Waals surface area contributed by atoms with Crippen LogP contribution in [0.4, 0.5) is 11.4 Å². The van der Waals surface area contributed by atoms with Gasteiger partial charge in [-0.1, -0.05) is 13.0 Å². The summed E-state index contributed by atoms with van der Waals surface area (Å²) in [7, 11) is 4.14. The number of imidazole rings is 1. The molecule has 1 N–H and O–H groups in total. The second kappa shape index (κ2) is 6.46. The summed E-state index contributed by atoms with van der Waals surface area (Å²) in [6, 6.07) is 6.47. The molecule has 2 aromatic rings. The first kappa shape index (κ1) is 14.4. The summed E-state index contributed by atoms with van der Waals surface area (Å²) >= 11 is 0. The molecule has 0 bridgehead atoms. The van der Waals surface area contributed by atoms with Crippen LogP contribution in [0.25, 0.3) is 0 Å². The summed E-state index contributed by atoms with van der Waals surface area (Å²) in [5.74, 6) is 0. The summed E-state index contributed by atoms with van der Waals surface area (Å²) in [4.78, 5) is 6.37. The van der Waals surface area contributed by atoms with Crippen LogP contribution in [0.3, 0.4) is 0 Å². The molecule has 0 aliphatic heterocycles. The fourth-order valence-corrected chi connectivity index (χ4v) is 2.33. The highest BCUT2D eigenvalue weighted by Gasteiger charge is 2.04. The fraction of sp³-hybridized carbons (Fsp3) is 0.438. The summed E-state index contributed by atoms with van der Waals surface area (Å²) < 4.78 is 2.20. The van der Waals surface area contributed by atoms with Crippen molar-refractivity contribution >= 4 is 11.4 Å². The van der Waals surface area contributed by atoms with E-state index in [9.17, 15) is 0 Å². The van der Waals surface area contributed by atoms with E-state index in [4.69, 9.17) is 0 Å². The Kier molecular flexibility index (Phi) is 4.66. The van der Waals surface area contributed by atoms with Crippen LogP contribution in [-0.4, -0.2) is 23.6 Å². The van der Waals surface area contributed by atoms with Gasteiger partial charge in [-0.25, -0.2) is 4.98 Å². The van der Waals surface area contributed by atoms with E-state index < -0.39 is 0 Å². The summed E-state index contributed by atoms with van der Waals surface area (Å²) in [6.07, 6.45) is 4.96. The average Bonchev–Trinajstić information content (AvgIpc) is 2.85. The van der Waals surface area contributed by atoms with E-state index in [1.807, 2.05) is 12.5 Å². The molecule has 1 aromatic heterocycles. The van der Waals surface area contributed by atoms with Crippen molar-refractivity contribution in [2.45, 2.75) is 33.4 Å². The largest absolute Gasteiger partial charge is 0.379 e. The van der Waals surface area contributed by atoms with Gasteiger partial charge in [0.1, 0.15) is 0 Å². The zero-order valence-electron chi connectivity index (χ0n) is 12.8. The van der Waals surface area contributed by atoms with Crippen LogP contribution in [0.2, 0.25) is 0 Å².